The van der Waals surface area contributed by atoms with Gasteiger partial charge in [-0.15, -0.1) is 0 Å². The molecule has 0 aliphatic heterocycles. The number of anilines is 2. The van der Waals surface area contributed by atoms with Gasteiger partial charge in [0, 0.05) is 17.5 Å². The van der Waals surface area contributed by atoms with Crippen LogP contribution < -0.4 is 5.32 Å². The molecule has 2 N–H and O–H groups in total. The van der Waals surface area contributed by atoms with E-state index in [-0.39, 0.29) is 0 Å². The molecule has 4 heteroatoms. The van der Waals surface area contributed by atoms with Crippen molar-refractivity contribution >= 4 is 11.5 Å². The van der Waals surface area contributed by atoms with Gasteiger partial charge in [-0.05, 0) is 24.6 Å². The second kappa shape index (κ2) is 4.94. The van der Waals surface area contributed by atoms with E-state index in [1.807, 2.05) is 31.2 Å². The van der Waals surface area contributed by atoms with Gasteiger partial charge in [0.15, 0.2) is 0 Å². The number of H-pyrrole nitrogens is 1. The number of pyridine rings is 1. The molecular weight excluding hydrogens is 236 g/mol. The summed E-state index contributed by atoms with van der Waals surface area (Å²) in [4.78, 5) is 4.57. The Kier molecular flexibility index (Phi) is 2.98. The highest BCUT2D eigenvalue weighted by atomic mass is 15.1. The Bertz CT molecular complexity index is 660. The Balaban J connectivity index is 2.04. The first kappa shape index (κ1) is 11.5. The third-order valence-corrected chi connectivity index (χ3v) is 2.88. The number of hydrogen-bond acceptors (Lipinski definition) is 3. The minimum atomic E-state index is 0.840. The Morgan fingerprint density at radius 3 is 2.63 bits per heavy atom. The normalized spacial score (nSPS) is 10.4. The monoisotopic (exact) mass is 250 g/mol. The first-order valence-corrected chi connectivity index (χ1v) is 6.12. The van der Waals surface area contributed by atoms with Crippen molar-refractivity contribution in [1.29, 1.82) is 0 Å². The first-order valence-electron chi connectivity index (χ1n) is 6.12. The zero-order valence-electron chi connectivity index (χ0n) is 10.6. The van der Waals surface area contributed by atoms with Gasteiger partial charge < -0.3 is 5.32 Å². The largest absolute Gasteiger partial charge is 0.337 e. The molecule has 0 aliphatic rings. The minimum absolute atomic E-state index is 0.840. The van der Waals surface area contributed by atoms with E-state index in [1.54, 1.807) is 12.4 Å². The van der Waals surface area contributed by atoms with Crippen LogP contribution in [-0.2, 0) is 0 Å². The van der Waals surface area contributed by atoms with Crippen molar-refractivity contribution in [3.8, 4) is 11.1 Å². The van der Waals surface area contributed by atoms with E-state index in [9.17, 15) is 0 Å². The Morgan fingerprint density at radius 1 is 1.05 bits per heavy atom. The number of nitrogens with zero attached hydrogens (tertiary/aromatic N) is 2. The van der Waals surface area contributed by atoms with Crippen molar-refractivity contribution in [3.05, 3.63) is 60.6 Å². The third-order valence-electron chi connectivity index (χ3n) is 2.88. The van der Waals surface area contributed by atoms with E-state index in [0.29, 0.717) is 0 Å². The minimum Gasteiger partial charge on any atom is -0.337 e. The van der Waals surface area contributed by atoms with Gasteiger partial charge in [0.05, 0.1) is 11.9 Å². The zero-order chi connectivity index (χ0) is 13.1. The van der Waals surface area contributed by atoms with Gasteiger partial charge in [0.1, 0.15) is 5.82 Å². The molecule has 3 aromatic rings. The molecule has 2 heterocycles. The molecule has 0 atom stereocenters. The molecule has 0 spiro atoms. The van der Waals surface area contributed by atoms with Crippen LogP contribution in [0.3, 0.4) is 0 Å². The van der Waals surface area contributed by atoms with Gasteiger partial charge in [0.2, 0.25) is 0 Å². The second-order valence-corrected chi connectivity index (χ2v) is 4.33. The van der Waals surface area contributed by atoms with Crippen molar-refractivity contribution in [1.82, 2.24) is 15.2 Å². The molecule has 0 radical (unpaired) electrons. The molecular formula is C15H14N4. The van der Waals surface area contributed by atoms with Crippen molar-refractivity contribution < 1.29 is 0 Å². The Hall–Kier alpha value is -2.62. The van der Waals surface area contributed by atoms with Gasteiger partial charge in [-0.2, -0.15) is 5.10 Å². The number of aromatic nitrogens is 3. The maximum absolute atomic E-state index is 4.57. The number of aryl methyl sites for hydroxylation is 1. The van der Waals surface area contributed by atoms with E-state index in [1.165, 1.54) is 0 Å². The first-order chi connectivity index (χ1) is 9.33. The maximum atomic E-state index is 4.57. The highest BCUT2D eigenvalue weighted by Gasteiger charge is 2.07. The molecule has 2 aromatic heterocycles. The average molecular weight is 250 g/mol. The summed E-state index contributed by atoms with van der Waals surface area (Å²) in [7, 11) is 0. The summed E-state index contributed by atoms with van der Waals surface area (Å²) in [6, 6.07) is 14.3. The van der Waals surface area contributed by atoms with E-state index < -0.39 is 0 Å². The molecule has 0 unspecified atom stereocenters. The zero-order valence-corrected chi connectivity index (χ0v) is 10.6. The van der Waals surface area contributed by atoms with Crippen LogP contribution in [0.4, 0.5) is 11.5 Å². The summed E-state index contributed by atoms with van der Waals surface area (Å²) >= 11 is 0. The molecule has 0 fully saturated rings. The molecule has 0 amide bonds. The predicted molar refractivity (Wildman–Crippen MR) is 76.3 cm³/mol. The van der Waals surface area contributed by atoms with Gasteiger partial charge in [-0.1, -0.05) is 30.3 Å². The van der Waals surface area contributed by atoms with Crippen molar-refractivity contribution in [3.63, 3.8) is 0 Å². The lowest BCUT2D eigenvalue weighted by Gasteiger charge is -2.10. The third kappa shape index (κ3) is 2.47. The second-order valence-electron chi connectivity index (χ2n) is 4.33. The molecule has 3 rings (SSSR count). The van der Waals surface area contributed by atoms with E-state index in [4.69, 9.17) is 0 Å². The number of aromatic amines is 1. The molecule has 0 aliphatic carbocycles. The van der Waals surface area contributed by atoms with Gasteiger partial charge in [-0.3, -0.25) is 5.10 Å². The van der Waals surface area contributed by atoms with Gasteiger partial charge >= 0.3 is 0 Å². The summed E-state index contributed by atoms with van der Waals surface area (Å²) in [5, 5.41) is 10.00. The van der Waals surface area contributed by atoms with Crippen LogP contribution in [0, 0.1) is 6.92 Å². The fourth-order valence-electron chi connectivity index (χ4n) is 1.96. The molecule has 0 saturated heterocycles. The van der Waals surface area contributed by atoms with Crippen LogP contribution in [0.2, 0.25) is 0 Å². The van der Waals surface area contributed by atoms with E-state index >= 15 is 0 Å². The van der Waals surface area contributed by atoms with Crippen LogP contribution in [0.25, 0.3) is 11.1 Å². The lowest BCUT2D eigenvalue weighted by molar-refractivity contribution is 1.09. The molecule has 94 valence electrons. The SMILES string of the molecule is Cc1ccc(-c2ccccc2)c(Nc2cn[nH]c2)n1. The highest BCUT2D eigenvalue weighted by Crippen LogP contribution is 2.28. The number of benzene rings is 1. The number of hydrogen-bond donors (Lipinski definition) is 2. The predicted octanol–water partition coefficient (Wildman–Crippen LogP) is 3.52. The molecule has 0 bridgehead atoms. The van der Waals surface area contributed by atoms with Crippen LogP contribution in [0.1, 0.15) is 5.69 Å². The van der Waals surface area contributed by atoms with Crippen LogP contribution in [0.5, 0.6) is 0 Å². The number of nitrogens with one attached hydrogen (secondary N) is 2. The summed E-state index contributed by atoms with van der Waals surface area (Å²) in [5.41, 5.74) is 4.09. The molecule has 1 aromatic carbocycles. The van der Waals surface area contributed by atoms with Crippen LogP contribution in [-0.4, -0.2) is 15.2 Å². The van der Waals surface area contributed by atoms with Crippen molar-refractivity contribution in [2.24, 2.45) is 0 Å². The number of rotatable bonds is 3. The fraction of sp³-hybridized carbons (Fsp3) is 0.0667. The van der Waals surface area contributed by atoms with Gasteiger partial charge in [0.25, 0.3) is 0 Å². The van der Waals surface area contributed by atoms with Gasteiger partial charge in [-0.25, -0.2) is 4.98 Å². The lowest BCUT2D eigenvalue weighted by Crippen LogP contribution is -1.97. The fourth-order valence-corrected chi connectivity index (χ4v) is 1.96. The average Bonchev–Trinajstić information content (AvgIpc) is 2.93. The standard InChI is InChI=1S/C15H14N4/c1-11-7-8-14(12-5-3-2-4-6-12)15(18-11)19-13-9-16-17-10-13/h2-10H,1H3,(H,16,17)(H,18,19). The van der Waals surface area contributed by atoms with Crippen LogP contribution >= 0.6 is 0 Å². The summed E-state index contributed by atoms with van der Waals surface area (Å²) in [6.07, 6.45) is 3.54. The topological polar surface area (TPSA) is 53.6 Å². The molecule has 4 nitrogen and oxygen atoms in total. The smallest absolute Gasteiger partial charge is 0.138 e. The van der Waals surface area contributed by atoms with Crippen LogP contribution in [0.15, 0.2) is 54.9 Å². The van der Waals surface area contributed by atoms with E-state index in [2.05, 4.69) is 38.7 Å². The molecule has 0 saturated carbocycles. The summed E-state index contributed by atoms with van der Waals surface area (Å²) < 4.78 is 0. The van der Waals surface area contributed by atoms with Crippen molar-refractivity contribution in [2.45, 2.75) is 6.92 Å². The summed E-state index contributed by atoms with van der Waals surface area (Å²) in [5.74, 6) is 0.840. The van der Waals surface area contributed by atoms with Crippen molar-refractivity contribution in [2.75, 3.05) is 5.32 Å². The molecule has 19 heavy (non-hydrogen) atoms. The highest BCUT2D eigenvalue weighted by molar-refractivity contribution is 5.78. The summed E-state index contributed by atoms with van der Waals surface area (Å²) in [6.45, 7) is 1.98. The quantitative estimate of drug-likeness (QED) is 0.747. The lowest BCUT2D eigenvalue weighted by atomic mass is 10.1. The van der Waals surface area contributed by atoms with E-state index in [0.717, 1.165) is 28.3 Å². The Morgan fingerprint density at radius 2 is 1.89 bits per heavy atom. The maximum Gasteiger partial charge on any atom is 0.138 e. The Labute approximate surface area is 111 Å².